The molecule has 31 heavy (non-hydrogen) atoms. The largest absolute Gasteiger partial charge is 0.325 e. The van der Waals surface area contributed by atoms with Crippen LogP contribution in [0.3, 0.4) is 0 Å². The summed E-state index contributed by atoms with van der Waals surface area (Å²) in [6.45, 7) is 9.66. The van der Waals surface area contributed by atoms with Crippen molar-refractivity contribution in [3.05, 3.63) is 82.0 Å². The highest BCUT2D eigenvalue weighted by atomic mass is 32.2. The van der Waals surface area contributed by atoms with Crippen LogP contribution in [0.2, 0.25) is 0 Å². The van der Waals surface area contributed by atoms with Crippen LogP contribution in [0.5, 0.6) is 0 Å². The zero-order valence-corrected chi connectivity index (χ0v) is 19.3. The number of para-hydroxylation sites is 2. The first kappa shape index (κ1) is 22.6. The van der Waals surface area contributed by atoms with Crippen LogP contribution < -0.4 is 10.6 Å². The Balaban J connectivity index is 1.79. The summed E-state index contributed by atoms with van der Waals surface area (Å²) in [5.74, 6) is -0.195. The number of hydrogen-bond acceptors (Lipinski definition) is 4. The van der Waals surface area contributed by atoms with Gasteiger partial charge in [-0.2, -0.15) is 0 Å². The summed E-state index contributed by atoms with van der Waals surface area (Å²) < 4.78 is 0. The molecule has 0 spiro atoms. The lowest BCUT2D eigenvalue weighted by molar-refractivity contribution is -0.113. The van der Waals surface area contributed by atoms with Crippen molar-refractivity contribution in [1.82, 2.24) is 4.98 Å². The van der Waals surface area contributed by atoms with E-state index in [1.807, 2.05) is 83.1 Å². The van der Waals surface area contributed by atoms with Crippen LogP contribution in [-0.2, 0) is 4.79 Å². The predicted molar refractivity (Wildman–Crippen MR) is 128 cm³/mol. The molecule has 3 rings (SSSR count). The van der Waals surface area contributed by atoms with Crippen molar-refractivity contribution in [2.24, 2.45) is 0 Å². The van der Waals surface area contributed by atoms with E-state index in [1.54, 1.807) is 0 Å². The van der Waals surface area contributed by atoms with Crippen LogP contribution in [0.1, 0.15) is 38.3 Å². The minimum absolute atomic E-state index is 0.131. The fraction of sp³-hybridized carbons (Fsp3) is 0.240. The van der Waals surface area contributed by atoms with Crippen LogP contribution >= 0.6 is 11.8 Å². The number of nitrogens with zero attached hydrogens (tertiary/aromatic N) is 1. The highest BCUT2D eigenvalue weighted by Gasteiger charge is 2.19. The third-order valence-electron chi connectivity index (χ3n) is 5.02. The van der Waals surface area contributed by atoms with Gasteiger partial charge < -0.3 is 10.6 Å². The monoisotopic (exact) mass is 433 g/mol. The normalized spacial score (nSPS) is 10.6. The van der Waals surface area contributed by atoms with Crippen molar-refractivity contribution in [3.63, 3.8) is 0 Å². The van der Waals surface area contributed by atoms with Crippen LogP contribution in [-0.4, -0.2) is 22.6 Å². The quantitative estimate of drug-likeness (QED) is 0.496. The maximum atomic E-state index is 13.1. The first-order chi connectivity index (χ1) is 14.8. The Morgan fingerprint density at radius 2 is 1.48 bits per heavy atom. The van der Waals surface area contributed by atoms with Gasteiger partial charge >= 0.3 is 0 Å². The van der Waals surface area contributed by atoms with Gasteiger partial charge in [-0.05, 0) is 69.0 Å². The maximum Gasteiger partial charge on any atom is 0.258 e. The number of aromatic nitrogens is 1. The molecule has 0 saturated carbocycles. The Bertz CT molecular complexity index is 1120. The Labute approximate surface area is 187 Å². The average molecular weight is 434 g/mol. The molecule has 2 aromatic carbocycles. The van der Waals surface area contributed by atoms with Crippen LogP contribution in [0, 0.1) is 34.6 Å². The van der Waals surface area contributed by atoms with Gasteiger partial charge in [-0.15, -0.1) is 0 Å². The Morgan fingerprint density at radius 1 is 0.839 bits per heavy atom. The van der Waals surface area contributed by atoms with Crippen molar-refractivity contribution in [3.8, 4) is 0 Å². The number of rotatable bonds is 6. The second-order valence-corrected chi connectivity index (χ2v) is 8.60. The second kappa shape index (κ2) is 9.79. The summed E-state index contributed by atoms with van der Waals surface area (Å²) in [6, 6.07) is 15.4. The maximum absolute atomic E-state index is 13.1. The number of aryl methyl sites for hydroxylation is 5. The lowest BCUT2D eigenvalue weighted by atomic mass is 10.1. The molecule has 0 unspecified atom stereocenters. The zero-order chi connectivity index (χ0) is 22.5. The molecule has 0 aliphatic rings. The van der Waals surface area contributed by atoms with E-state index in [1.165, 1.54) is 11.8 Å². The molecule has 2 amide bonds. The van der Waals surface area contributed by atoms with E-state index in [2.05, 4.69) is 15.6 Å². The lowest BCUT2D eigenvalue weighted by Gasteiger charge is -2.15. The molecule has 0 bridgehead atoms. The lowest BCUT2D eigenvalue weighted by Crippen LogP contribution is -2.18. The van der Waals surface area contributed by atoms with Crippen molar-refractivity contribution in [2.45, 2.75) is 39.6 Å². The van der Waals surface area contributed by atoms with E-state index >= 15 is 0 Å². The molecule has 2 N–H and O–H groups in total. The molecule has 0 fully saturated rings. The standard InChI is InChI=1S/C25H27N3O2S/c1-15-9-6-7-12-20(15)27-24(30)22-18(4)13-19(5)26-25(22)31-14-21(29)28-23-16(2)10-8-11-17(23)3/h6-13H,14H2,1-5H3,(H,27,30)(H,28,29). The average Bonchev–Trinajstić information content (AvgIpc) is 2.70. The smallest absolute Gasteiger partial charge is 0.258 e. The van der Waals surface area contributed by atoms with Gasteiger partial charge in [-0.3, -0.25) is 9.59 Å². The van der Waals surface area contributed by atoms with Crippen molar-refractivity contribution in [2.75, 3.05) is 16.4 Å². The van der Waals surface area contributed by atoms with Gasteiger partial charge in [0.25, 0.3) is 5.91 Å². The van der Waals surface area contributed by atoms with Crippen LogP contribution in [0.4, 0.5) is 11.4 Å². The Kier molecular flexibility index (Phi) is 7.13. The molecule has 3 aromatic rings. The molecule has 0 radical (unpaired) electrons. The van der Waals surface area contributed by atoms with E-state index in [-0.39, 0.29) is 17.6 Å². The van der Waals surface area contributed by atoms with E-state index < -0.39 is 0 Å². The Hall–Kier alpha value is -3.12. The van der Waals surface area contributed by atoms with E-state index in [4.69, 9.17) is 0 Å². The van der Waals surface area contributed by atoms with Gasteiger partial charge in [-0.25, -0.2) is 4.98 Å². The molecule has 6 heteroatoms. The molecule has 0 aliphatic heterocycles. The first-order valence-electron chi connectivity index (χ1n) is 10.1. The van der Waals surface area contributed by atoms with E-state index in [0.717, 1.165) is 39.3 Å². The topological polar surface area (TPSA) is 71.1 Å². The molecule has 1 heterocycles. The summed E-state index contributed by atoms with van der Waals surface area (Å²) in [7, 11) is 0. The van der Waals surface area contributed by atoms with Crippen LogP contribution in [0.25, 0.3) is 0 Å². The van der Waals surface area contributed by atoms with Gasteiger partial charge in [0.2, 0.25) is 5.91 Å². The summed E-state index contributed by atoms with van der Waals surface area (Å²) in [5, 5.41) is 6.52. The van der Waals surface area contributed by atoms with Gasteiger partial charge in [0.15, 0.2) is 0 Å². The number of thioether (sulfide) groups is 1. The van der Waals surface area contributed by atoms with Gasteiger partial charge in [0.1, 0.15) is 5.03 Å². The number of amides is 2. The molecule has 0 aliphatic carbocycles. The Morgan fingerprint density at radius 3 is 2.16 bits per heavy atom. The number of anilines is 2. The van der Waals surface area contributed by atoms with Gasteiger partial charge in [0.05, 0.1) is 11.3 Å². The van der Waals surface area contributed by atoms with Gasteiger partial charge in [-0.1, -0.05) is 48.2 Å². The first-order valence-corrected chi connectivity index (χ1v) is 11.1. The fourth-order valence-electron chi connectivity index (χ4n) is 3.40. The van der Waals surface area contributed by atoms with Crippen molar-refractivity contribution in [1.29, 1.82) is 0 Å². The van der Waals surface area contributed by atoms with E-state index in [9.17, 15) is 9.59 Å². The minimum atomic E-state index is -0.225. The predicted octanol–water partition coefficient (Wildman–Crippen LogP) is 5.61. The minimum Gasteiger partial charge on any atom is -0.325 e. The highest BCUT2D eigenvalue weighted by molar-refractivity contribution is 8.00. The SMILES string of the molecule is Cc1cc(C)c(C(=O)Nc2ccccc2C)c(SCC(=O)Nc2c(C)cccc2C)n1. The fourth-order valence-corrected chi connectivity index (χ4v) is 4.35. The molecule has 0 atom stereocenters. The highest BCUT2D eigenvalue weighted by Crippen LogP contribution is 2.27. The van der Waals surface area contributed by atoms with Crippen LogP contribution in [0.15, 0.2) is 53.6 Å². The summed E-state index contributed by atoms with van der Waals surface area (Å²) in [6.07, 6.45) is 0. The third kappa shape index (κ3) is 5.52. The number of carbonyl (C=O) groups excluding carboxylic acids is 2. The number of carbonyl (C=O) groups is 2. The number of hydrogen-bond donors (Lipinski definition) is 2. The molecule has 160 valence electrons. The van der Waals surface area contributed by atoms with Crippen molar-refractivity contribution >= 4 is 35.0 Å². The van der Waals surface area contributed by atoms with Gasteiger partial charge in [0, 0.05) is 17.1 Å². The second-order valence-electron chi connectivity index (χ2n) is 7.63. The number of benzene rings is 2. The molecule has 1 aromatic heterocycles. The third-order valence-corrected chi connectivity index (χ3v) is 5.99. The summed E-state index contributed by atoms with van der Waals surface area (Å²) in [4.78, 5) is 30.3. The molecule has 5 nitrogen and oxygen atoms in total. The van der Waals surface area contributed by atoms with E-state index in [0.29, 0.717) is 10.6 Å². The number of pyridine rings is 1. The molecule has 0 saturated heterocycles. The number of nitrogens with one attached hydrogen (secondary N) is 2. The summed E-state index contributed by atoms with van der Waals surface area (Å²) >= 11 is 1.27. The summed E-state index contributed by atoms with van der Waals surface area (Å²) in [5.41, 5.74) is 6.74. The van der Waals surface area contributed by atoms with Crippen molar-refractivity contribution < 1.29 is 9.59 Å². The molecular formula is C25H27N3O2S. The zero-order valence-electron chi connectivity index (χ0n) is 18.5. The molecular weight excluding hydrogens is 406 g/mol.